The fourth-order valence-electron chi connectivity index (χ4n) is 1.70. The normalized spacial score (nSPS) is 19.6. The van der Waals surface area contributed by atoms with Crippen molar-refractivity contribution in [3.8, 4) is 0 Å². The van der Waals surface area contributed by atoms with Gasteiger partial charge in [-0.05, 0) is 19.4 Å². The molecule has 0 radical (unpaired) electrons. The molecule has 1 N–H and O–H groups in total. The van der Waals surface area contributed by atoms with Gasteiger partial charge in [-0.25, -0.2) is 4.79 Å². The molecule has 2 rings (SSSR count). The first-order valence-electron chi connectivity index (χ1n) is 5.09. The summed E-state index contributed by atoms with van der Waals surface area (Å²) in [5, 5.41) is 9.72. The zero-order valence-corrected chi connectivity index (χ0v) is 10.0. The third-order valence-corrected chi connectivity index (χ3v) is 3.63. The summed E-state index contributed by atoms with van der Waals surface area (Å²) in [6.07, 6.45) is 0. The Balaban J connectivity index is 2.32. The van der Waals surface area contributed by atoms with Crippen molar-refractivity contribution < 1.29 is 9.90 Å². The van der Waals surface area contributed by atoms with Gasteiger partial charge in [-0.1, -0.05) is 23.8 Å². The molecular formula is C12H13NO2S. The van der Waals surface area contributed by atoms with Gasteiger partial charge in [0, 0.05) is 11.3 Å². The number of aliphatic carboxylic acids is 1. The van der Waals surface area contributed by atoms with Crippen LogP contribution in [0.15, 0.2) is 23.2 Å². The van der Waals surface area contributed by atoms with Crippen LogP contribution in [0.3, 0.4) is 0 Å². The highest BCUT2D eigenvalue weighted by atomic mass is 32.2. The summed E-state index contributed by atoms with van der Waals surface area (Å²) in [5.41, 5.74) is 3.41. The third-order valence-electron chi connectivity index (χ3n) is 2.55. The Morgan fingerprint density at radius 1 is 1.50 bits per heavy atom. The number of rotatable bonds is 2. The summed E-state index contributed by atoms with van der Waals surface area (Å²) in [4.78, 5) is 15.0. The smallest absolute Gasteiger partial charge is 0.329 e. The van der Waals surface area contributed by atoms with Crippen LogP contribution in [0, 0.1) is 13.8 Å². The number of hydrogen-bond acceptors (Lipinski definition) is 3. The molecule has 1 aliphatic heterocycles. The zero-order valence-electron chi connectivity index (χ0n) is 9.23. The largest absolute Gasteiger partial charge is 0.480 e. The summed E-state index contributed by atoms with van der Waals surface area (Å²) in [6.45, 7) is 4.07. The summed E-state index contributed by atoms with van der Waals surface area (Å²) < 4.78 is 0. The number of aliphatic imine (C=N–C) groups is 1. The molecule has 4 heteroatoms. The highest BCUT2D eigenvalue weighted by Crippen LogP contribution is 2.25. The van der Waals surface area contributed by atoms with Crippen molar-refractivity contribution in [3.63, 3.8) is 0 Å². The monoisotopic (exact) mass is 235 g/mol. The minimum Gasteiger partial charge on any atom is -0.480 e. The van der Waals surface area contributed by atoms with Crippen LogP contribution in [0.2, 0.25) is 0 Å². The predicted molar refractivity (Wildman–Crippen MR) is 66.3 cm³/mol. The Kier molecular flexibility index (Phi) is 3.01. The van der Waals surface area contributed by atoms with E-state index in [1.807, 2.05) is 26.0 Å². The first-order chi connectivity index (χ1) is 7.58. The van der Waals surface area contributed by atoms with Gasteiger partial charge in [0.15, 0.2) is 6.04 Å². The molecule has 0 aromatic heterocycles. The topological polar surface area (TPSA) is 49.7 Å². The minimum atomic E-state index is -0.840. The van der Waals surface area contributed by atoms with Crippen LogP contribution in [0.25, 0.3) is 0 Å². The molecular weight excluding hydrogens is 222 g/mol. The van der Waals surface area contributed by atoms with Gasteiger partial charge in [-0.15, -0.1) is 11.8 Å². The number of carbonyl (C=O) groups is 1. The molecule has 0 bridgehead atoms. The zero-order chi connectivity index (χ0) is 11.7. The van der Waals surface area contributed by atoms with Gasteiger partial charge in [0.25, 0.3) is 0 Å². The number of thioether (sulfide) groups is 1. The van der Waals surface area contributed by atoms with Gasteiger partial charge in [-0.3, -0.25) is 4.99 Å². The molecule has 0 amide bonds. The molecule has 1 unspecified atom stereocenters. The van der Waals surface area contributed by atoms with Crippen molar-refractivity contribution in [2.75, 3.05) is 5.75 Å². The maximum atomic E-state index is 10.8. The molecule has 0 saturated heterocycles. The van der Waals surface area contributed by atoms with Crippen molar-refractivity contribution in [1.29, 1.82) is 0 Å². The lowest BCUT2D eigenvalue weighted by Crippen LogP contribution is -2.17. The minimum absolute atomic E-state index is 0.540. The lowest BCUT2D eigenvalue weighted by atomic mass is 10.1. The first-order valence-corrected chi connectivity index (χ1v) is 6.07. The quantitative estimate of drug-likeness (QED) is 0.855. The Morgan fingerprint density at radius 3 is 2.81 bits per heavy atom. The first kappa shape index (κ1) is 11.2. The van der Waals surface area contributed by atoms with E-state index < -0.39 is 12.0 Å². The standard InChI is InChI=1S/C12H13NO2S/c1-7-3-4-9(8(2)5-7)11-13-10(6-16-11)12(14)15/h3-5,10H,6H2,1-2H3,(H,14,15). The lowest BCUT2D eigenvalue weighted by Gasteiger charge is -2.05. The molecule has 0 saturated carbocycles. The second-order valence-corrected chi connectivity index (χ2v) is 4.93. The average molecular weight is 235 g/mol. The van der Waals surface area contributed by atoms with Crippen molar-refractivity contribution in [2.45, 2.75) is 19.9 Å². The van der Waals surface area contributed by atoms with Crippen LogP contribution in [0.4, 0.5) is 0 Å². The van der Waals surface area contributed by atoms with Crippen LogP contribution in [-0.2, 0) is 4.79 Å². The number of aryl methyl sites for hydroxylation is 2. The fourth-order valence-corrected chi connectivity index (χ4v) is 2.82. The highest BCUT2D eigenvalue weighted by molar-refractivity contribution is 8.14. The molecule has 0 fully saturated rings. The van der Waals surface area contributed by atoms with Gasteiger partial charge in [0.2, 0.25) is 0 Å². The lowest BCUT2D eigenvalue weighted by molar-refractivity contribution is -0.137. The molecule has 1 aromatic rings. The van der Waals surface area contributed by atoms with E-state index in [0.29, 0.717) is 5.75 Å². The summed E-state index contributed by atoms with van der Waals surface area (Å²) in [6, 6.07) is 5.55. The SMILES string of the molecule is Cc1ccc(C2=NC(C(=O)O)CS2)c(C)c1. The van der Waals surface area contributed by atoms with Crippen LogP contribution < -0.4 is 0 Å². The van der Waals surface area contributed by atoms with Crippen LogP contribution in [-0.4, -0.2) is 27.9 Å². The molecule has 3 nitrogen and oxygen atoms in total. The second kappa shape index (κ2) is 4.29. The second-order valence-electron chi connectivity index (χ2n) is 3.92. The van der Waals surface area contributed by atoms with Gasteiger partial charge in [0.05, 0.1) is 5.04 Å². The molecule has 0 spiro atoms. The molecule has 1 aromatic carbocycles. The van der Waals surface area contributed by atoms with E-state index in [1.54, 1.807) is 0 Å². The molecule has 1 heterocycles. The molecule has 1 atom stereocenters. The number of carboxylic acids is 1. The maximum Gasteiger partial charge on any atom is 0.329 e. The summed E-state index contributed by atoms with van der Waals surface area (Å²) in [7, 11) is 0. The number of benzene rings is 1. The van der Waals surface area contributed by atoms with E-state index in [-0.39, 0.29) is 0 Å². The number of carboxylic acid groups (broad SMARTS) is 1. The van der Waals surface area contributed by atoms with E-state index in [2.05, 4.69) is 11.1 Å². The highest BCUT2D eigenvalue weighted by Gasteiger charge is 2.25. The van der Waals surface area contributed by atoms with Gasteiger partial charge >= 0.3 is 5.97 Å². The third kappa shape index (κ3) is 2.11. The van der Waals surface area contributed by atoms with Gasteiger partial charge in [0.1, 0.15) is 0 Å². The van der Waals surface area contributed by atoms with Crippen LogP contribution >= 0.6 is 11.8 Å². The van der Waals surface area contributed by atoms with Crippen LogP contribution in [0.5, 0.6) is 0 Å². The molecule has 84 valence electrons. The Labute approximate surface area is 98.6 Å². The number of hydrogen-bond donors (Lipinski definition) is 1. The van der Waals surface area contributed by atoms with Gasteiger partial charge < -0.3 is 5.11 Å². The Bertz CT molecular complexity index is 468. The maximum absolute atomic E-state index is 10.8. The molecule has 16 heavy (non-hydrogen) atoms. The Hall–Kier alpha value is -1.29. The van der Waals surface area contributed by atoms with E-state index in [4.69, 9.17) is 5.11 Å². The van der Waals surface area contributed by atoms with Crippen molar-refractivity contribution in [1.82, 2.24) is 0 Å². The predicted octanol–water partition coefficient (Wildman–Crippen LogP) is 2.25. The fraction of sp³-hybridized carbons (Fsp3) is 0.333. The van der Waals surface area contributed by atoms with E-state index in [0.717, 1.165) is 16.2 Å². The Morgan fingerprint density at radius 2 is 2.25 bits per heavy atom. The summed E-state index contributed by atoms with van der Waals surface area (Å²) in [5.74, 6) is -0.301. The van der Waals surface area contributed by atoms with E-state index in [1.165, 1.54) is 17.3 Å². The number of nitrogens with zero attached hydrogens (tertiary/aromatic N) is 1. The van der Waals surface area contributed by atoms with Crippen molar-refractivity contribution in [3.05, 3.63) is 34.9 Å². The average Bonchev–Trinajstić information content (AvgIpc) is 2.66. The summed E-state index contributed by atoms with van der Waals surface area (Å²) >= 11 is 1.52. The van der Waals surface area contributed by atoms with Crippen molar-refractivity contribution in [2.24, 2.45) is 4.99 Å². The van der Waals surface area contributed by atoms with Crippen LogP contribution in [0.1, 0.15) is 16.7 Å². The van der Waals surface area contributed by atoms with E-state index in [9.17, 15) is 4.79 Å². The molecule has 1 aliphatic rings. The molecule has 0 aliphatic carbocycles. The van der Waals surface area contributed by atoms with Gasteiger partial charge in [-0.2, -0.15) is 0 Å². The van der Waals surface area contributed by atoms with E-state index >= 15 is 0 Å². The van der Waals surface area contributed by atoms with Crippen molar-refractivity contribution >= 4 is 22.8 Å².